The third-order valence-corrected chi connectivity index (χ3v) is 22.2. The van der Waals surface area contributed by atoms with Crippen LogP contribution in [0.1, 0.15) is 49.9 Å². The van der Waals surface area contributed by atoms with Crippen molar-refractivity contribution in [2.75, 3.05) is 29.9 Å². The molecule has 3 aliphatic heterocycles. The van der Waals surface area contributed by atoms with Gasteiger partial charge in [0.1, 0.15) is 0 Å². The van der Waals surface area contributed by atoms with E-state index in [0.29, 0.717) is 0 Å². The first-order chi connectivity index (χ1) is 32.7. The molecule has 0 saturated carbocycles. The van der Waals surface area contributed by atoms with E-state index in [0.717, 1.165) is 28.6 Å². The average molecular weight is 916 g/mol. The molecule has 0 spiro atoms. The van der Waals surface area contributed by atoms with Gasteiger partial charge in [0.15, 0.2) is 11.5 Å². The Morgan fingerprint density at radius 1 is 0.353 bits per heavy atom. The van der Waals surface area contributed by atoms with E-state index < -0.39 is 20.1 Å². The van der Waals surface area contributed by atoms with Gasteiger partial charge in [0.05, 0.1) is 11.4 Å². The highest BCUT2D eigenvalue weighted by molar-refractivity contribution is 8.33. The van der Waals surface area contributed by atoms with Crippen LogP contribution in [0.4, 0.5) is 17.1 Å². The Morgan fingerprint density at radius 3 is 1.22 bits per heavy atom. The third kappa shape index (κ3) is 5.17. The fourth-order valence-electron chi connectivity index (χ4n) is 13.0. The highest BCUT2D eigenvalue weighted by Crippen LogP contribution is 2.71. The van der Waals surface area contributed by atoms with Crippen LogP contribution in [0.15, 0.2) is 196 Å². The van der Waals surface area contributed by atoms with Crippen LogP contribution in [0.5, 0.6) is 11.5 Å². The molecule has 5 aliphatic rings. The summed E-state index contributed by atoms with van der Waals surface area (Å²) in [6, 6.07) is 66.9. The summed E-state index contributed by atoms with van der Waals surface area (Å²) in [4.78, 5) is 8.42. The fourth-order valence-corrected chi connectivity index (χ4v) is 18.7. The van der Waals surface area contributed by atoms with Gasteiger partial charge in [0.2, 0.25) is 0 Å². The Hall–Kier alpha value is -6.72. The maximum Gasteiger partial charge on any atom is 0.151 e. The number of rotatable bonds is 3. The predicted octanol–water partition coefficient (Wildman–Crippen LogP) is 18.1. The molecule has 0 aromatic heterocycles. The number of anilines is 3. The van der Waals surface area contributed by atoms with Crippen molar-refractivity contribution in [3.63, 3.8) is 0 Å². The van der Waals surface area contributed by atoms with E-state index in [-0.39, 0.29) is 10.8 Å². The van der Waals surface area contributed by atoms with Gasteiger partial charge in [-0.05, 0) is 175 Å². The monoisotopic (exact) mass is 915 g/mol. The van der Waals surface area contributed by atoms with Gasteiger partial charge in [-0.25, -0.2) is 0 Å². The number of fused-ring (bicyclic) bond motifs is 14. The lowest BCUT2D eigenvalue weighted by Gasteiger charge is -2.35. The maximum atomic E-state index is 7.22. The van der Waals surface area contributed by atoms with Crippen LogP contribution < -0.4 is 9.64 Å². The number of benzene rings is 9. The smallest absolute Gasteiger partial charge is 0.151 e. The van der Waals surface area contributed by atoms with Crippen molar-refractivity contribution < 1.29 is 4.74 Å². The fraction of sp³-hybridized carbons (Fsp3) is 0.156. The maximum absolute atomic E-state index is 7.22. The quantitative estimate of drug-likeness (QED) is 0.175. The number of hydrogen-bond donors (Lipinski definition) is 0. The van der Waals surface area contributed by atoms with E-state index >= 15 is 0 Å². The largest absolute Gasteiger partial charge is 0.453 e. The Labute approximate surface area is 404 Å². The summed E-state index contributed by atoms with van der Waals surface area (Å²) in [7, 11) is -2.37. The van der Waals surface area contributed by atoms with Gasteiger partial charge in [-0.2, -0.15) is 20.1 Å². The van der Waals surface area contributed by atoms with Crippen LogP contribution in [0.25, 0.3) is 66.8 Å². The summed E-state index contributed by atoms with van der Waals surface area (Å²) in [6.07, 6.45) is 9.88. The average Bonchev–Trinajstić information content (AvgIpc) is 3.91. The van der Waals surface area contributed by atoms with Crippen molar-refractivity contribution in [3.8, 4) is 78.3 Å². The molecule has 0 radical (unpaired) electrons. The first kappa shape index (κ1) is 40.4. The second kappa shape index (κ2) is 13.5. The predicted molar refractivity (Wildman–Crippen MR) is 290 cm³/mol. The number of ether oxygens (including phenoxy) is 1. The molecular formula is C64H53NOS2. The van der Waals surface area contributed by atoms with E-state index in [1.54, 1.807) is 0 Å². The molecule has 332 valence electrons. The van der Waals surface area contributed by atoms with E-state index in [9.17, 15) is 0 Å². The Bertz CT molecular complexity index is 3500. The van der Waals surface area contributed by atoms with Crippen LogP contribution in [0.3, 0.4) is 0 Å². The molecular weight excluding hydrogens is 863 g/mol. The van der Waals surface area contributed by atoms with Gasteiger partial charge in [0.25, 0.3) is 0 Å². The zero-order valence-electron chi connectivity index (χ0n) is 39.9. The summed E-state index contributed by atoms with van der Waals surface area (Å²) in [5.74, 6) is 1.79. The number of nitrogens with zero attached hydrogens (tertiary/aromatic N) is 1. The minimum atomic E-state index is -1.19. The van der Waals surface area contributed by atoms with Gasteiger partial charge in [-0.3, -0.25) is 0 Å². The minimum Gasteiger partial charge on any atom is -0.453 e. The first-order valence-electron chi connectivity index (χ1n) is 23.9. The van der Waals surface area contributed by atoms with Crippen molar-refractivity contribution in [2.45, 2.75) is 58.1 Å². The van der Waals surface area contributed by atoms with Crippen molar-refractivity contribution in [1.29, 1.82) is 0 Å². The van der Waals surface area contributed by atoms with Crippen LogP contribution in [0, 0.1) is 0 Å². The van der Waals surface area contributed by atoms with Crippen LogP contribution in [-0.4, -0.2) is 25.0 Å². The van der Waals surface area contributed by atoms with Gasteiger partial charge in [-0.1, -0.05) is 143 Å². The summed E-state index contributed by atoms with van der Waals surface area (Å²) < 4.78 is 7.22. The molecule has 68 heavy (non-hydrogen) atoms. The molecule has 0 unspecified atom stereocenters. The highest BCUT2D eigenvalue weighted by atomic mass is 32.3. The Morgan fingerprint density at radius 2 is 0.750 bits per heavy atom. The Kier molecular flexibility index (Phi) is 8.01. The van der Waals surface area contributed by atoms with Crippen molar-refractivity contribution >= 4 is 37.1 Å². The molecule has 3 heterocycles. The molecule has 4 heteroatoms. The van der Waals surface area contributed by atoms with Crippen LogP contribution >= 0.6 is 20.1 Å². The molecule has 0 amide bonds. The lowest BCUT2D eigenvalue weighted by molar-refractivity contribution is 0.473. The lowest BCUT2D eigenvalue weighted by Crippen LogP contribution is -2.19. The first-order valence-corrected chi connectivity index (χ1v) is 28.8. The van der Waals surface area contributed by atoms with Crippen LogP contribution in [0.2, 0.25) is 0 Å². The minimum absolute atomic E-state index is 0.238. The number of hydrogen-bond acceptors (Lipinski definition) is 2. The molecule has 0 bridgehead atoms. The molecule has 0 atom stereocenters. The third-order valence-electron chi connectivity index (χ3n) is 16.4. The molecule has 14 rings (SSSR count). The SMILES string of the molecule is CC1(C)c2cc(-c3cccc4c3S(C)(C)c3ccccc3-4)ccc2-c2cc3c(cc21)Oc1cc2c(cc1N3c1ccccc1)-c1ccc(-c3cccc4c3S(C)(C)c3ccccc3-4)cc1C2(C)C. The molecule has 2 nitrogen and oxygen atoms in total. The van der Waals surface area contributed by atoms with Crippen LogP contribution in [-0.2, 0) is 10.8 Å². The molecule has 9 aromatic rings. The van der Waals surface area contributed by atoms with E-state index in [1.807, 2.05) is 0 Å². The van der Waals surface area contributed by atoms with Crippen molar-refractivity contribution in [1.82, 2.24) is 0 Å². The van der Waals surface area contributed by atoms with Gasteiger partial charge in [0, 0.05) is 36.1 Å². The van der Waals surface area contributed by atoms with Gasteiger partial charge < -0.3 is 9.64 Å². The zero-order chi connectivity index (χ0) is 46.2. The molecule has 9 aromatic carbocycles. The van der Waals surface area contributed by atoms with E-state index in [1.165, 1.54) is 109 Å². The molecule has 0 N–H and O–H groups in total. The molecule has 2 aliphatic carbocycles. The second-order valence-electron chi connectivity index (χ2n) is 21.3. The van der Waals surface area contributed by atoms with Gasteiger partial charge >= 0.3 is 0 Å². The van der Waals surface area contributed by atoms with Crippen molar-refractivity contribution in [3.05, 3.63) is 198 Å². The Balaban J connectivity index is 0.887. The second-order valence-corrected chi connectivity index (χ2v) is 28.3. The van der Waals surface area contributed by atoms with Crippen molar-refractivity contribution in [2.24, 2.45) is 0 Å². The summed E-state index contributed by atoms with van der Waals surface area (Å²) in [5.41, 5.74) is 24.1. The van der Waals surface area contributed by atoms with E-state index in [4.69, 9.17) is 4.74 Å². The molecule has 0 fully saturated rings. The molecule has 0 saturated heterocycles. The summed E-state index contributed by atoms with van der Waals surface area (Å²) in [5, 5.41) is 0. The number of para-hydroxylation sites is 1. The van der Waals surface area contributed by atoms with Gasteiger partial charge in [-0.15, -0.1) is 0 Å². The summed E-state index contributed by atoms with van der Waals surface area (Å²) >= 11 is 0. The highest BCUT2D eigenvalue weighted by Gasteiger charge is 2.43. The normalized spacial score (nSPS) is 17.7. The van der Waals surface area contributed by atoms with E-state index in [2.05, 4.69) is 234 Å². The lowest BCUT2D eigenvalue weighted by atomic mass is 9.81. The topological polar surface area (TPSA) is 12.5 Å². The zero-order valence-corrected chi connectivity index (χ0v) is 41.5. The summed E-state index contributed by atoms with van der Waals surface area (Å²) in [6.45, 7) is 9.58. The standard InChI is InChI=1S/C64H53NOS2/c1-63(2)51-32-38(41-22-16-24-47-45-20-12-14-26-59(45)67(5,6)61(41)47)28-30-43(51)49-34-55-57(36-53(49)63)66-58-37-54-50(35-56(58)65(55)40-18-10-9-11-19-40)44-31-29-39(33-52(44)64(54,3)4)42-23-17-25-48-46-21-13-15-27-60(46)68(7,8)62(42)48/h9-37H,1-8H3.